The van der Waals surface area contributed by atoms with Crippen LogP contribution in [0, 0.1) is 6.92 Å². The van der Waals surface area contributed by atoms with Crippen molar-refractivity contribution < 1.29 is 10.2 Å². The van der Waals surface area contributed by atoms with Gasteiger partial charge in [0.05, 0.1) is 0 Å². The number of fused-ring (bicyclic) bond motifs is 1. The zero-order valence-electron chi connectivity index (χ0n) is 15.4. The highest BCUT2D eigenvalue weighted by Gasteiger charge is 2.33. The minimum Gasteiger partial charge on any atom is -0.508 e. The summed E-state index contributed by atoms with van der Waals surface area (Å²) in [5, 5.41) is 22.1. The number of phenols is 2. The van der Waals surface area contributed by atoms with Crippen molar-refractivity contribution in [3.05, 3.63) is 53.2 Å². The Morgan fingerprint density at radius 1 is 1.15 bits per heavy atom. The van der Waals surface area contributed by atoms with Gasteiger partial charge in [0.25, 0.3) is 0 Å². The quantitative estimate of drug-likeness (QED) is 0.521. The van der Waals surface area contributed by atoms with E-state index in [1.165, 1.54) is 11.6 Å². The third-order valence-corrected chi connectivity index (χ3v) is 5.45. The number of aryl methyl sites for hydroxylation is 3. The molecule has 0 radical (unpaired) electrons. The molecular weight excluding hydrogens is 360 g/mol. The number of anilines is 1. The molecule has 140 valence electrons. The average Bonchev–Trinajstić information content (AvgIpc) is 3.15. The van der Waals surface area contributed by atoms with Crippen molar-refractivity contribution in [2.45, 2.75) is 26.4 Å². The highest BCUT2D eigenvalue weighted by atomic mass is 32.1. The fourth-order valence-electron chi connectivity index (χ4n) is 3.73. The van der Waals surface area contributed by atoms with Crippen LogP contribution in [0.1, 0.15) is 29.8 Å². The van der Waals surface area contributed by atoms with Gasteiger partial charge in [0.15, 0.2) is 5.11 Å². The number of thiocarbonyl (C=S) groups is 1. The molecule has 4 rings (SSSR count). The first-order chi connectivity index (χ1) is 12.9. The molecule has 1 aliphatic rings. The van der Waals surface area contributed by atoms with Crippen LogP contribution in [0.3, 0.4) is 0 Å². The summed E-state index contributed by atoms with van der Waals surface area (Å²) >= 11 is 5.51. The van der Waals surface area contributed by atoms with Crippen LogP contribution in [-0.2, 0) is 13.5 Å². The number of aromatic nitrogens is 1. The van der Waals surface area contributed by atoms with Crippen molar-refractivity contribution >= 4 is 33.9 Å². The Hall–Kier alpha value is -2.77. The van der Waals surface area contributed by atoms with Gasteiger partial charge in [0.2, 0.25) is 0 Å². The van der Waals surface area contributed by atoms with Gasteiger partial charge in [-0.25, -0.2) is 5.43 Å². The van der Waals surface area contributed by atoms with E-state index >= 15 is 0 Å². The summed E-state index contributed by atoms with van der Waals surface area (Å²) in [6.07, 6.45) is 2.38. The minimum atomic E-state index is -0.384. The number of hydrazine groups is 1. The van der Waals surface area contributed by atoms with Crippen LogP contribution in [0.2, 0.25) is 0 Å². The van der Waals surface area contributed by atoms with Crippen molar-refractivity contribution in [2.75, 3.05) is 4.90 Å². The number of benzene rings is 2. The number of hydrogen-bond acceptors (Lipinski definition) is 4. The predicted octanol–water partition coefficient (Wildman–Crippen LogP) is 3.36. The number of aromatic hydroxyl groups is 2. The van der Waals surface area contributed by atoms with Crippen LogP contribution in [0.15, 0.2) is 36.5 Å². The molecule has 2 aromatic carbocycles. The number of nitrogens with zero attached hydrogens (tertiary/aromatic N) is 2. The van der Waals surface area contributed by atoms with Gasteiger partial charge < -0.3 is 14.8 Å². The first kappa shape index (κ1) is 17.6. The number of nitrogens with one attached hydrogen (secondary N) is 2. The fraction of sp³-hybridized carbons (Fsp3) is 0.250. The van der Waals surface area contributed by atoms with Crippen molar-refractivity contribution in [3.8, 4) is 11.5 Å². The molecule has 0 amide bonds. The summed E-state index contributed by atoms with van der Waals surface area (Å²) in [5.41, 5.74) is 10.8. The van der Waals surface area contributed by atoms with Gasteiger partial charge in [-0.15, -0.1) is 0 Å². The van der Waals surface area contributed by atoms with Gasteiger partial charge in [-0.1, -0.05) is 6.92 Å². The van der Waals surface area contributed by atoms with Crippen LogP contribution >= 0.6 is 12.2 Å². The molecule has 1 unspecified atom stereocenters. The monoisotopic (exact) mass is 382 g/mol. The van der Waals surface area contributed by atoms with Crippen molar-refractivity contribution in [2.24, 2.45) is 7.05 Å². The van der Waals surface area contributed by atoms with Gasteiger partial charge in [-0.3, -0.25) is 10.3 Å². The molecule has 0 spiro atoms. The maximum absolute atomic E-state index is 10.4. The third kappa shape index (κ3) is 2.79. The maximum Gasteiger partial charge on any atom is 0.189 e. The summed E-state index contributed by atoms with van der Waals surface area (Å²) in [6.45, 7) is 4.05. The highest BCUT2D eigenvalue weighted by Crippen LogP contribution is 2.37. The second-order valence-electron chi connectivity index (χ2n) is 6.86. The molecule has 0 aliphatic carbocycles. The fourth-order valence-corrected chi connectivity index (χ4v) is 4.00. The first-order valence-electron chi connectivity index (χ1n) is 8.86. The zero-order chi connectivity index (χ0) is 19.3. The van der Waals surface area contributed by atoms with Gasteiger partial charge in [-0.2, -0.15) is 0 Å². The number of hydrogen-bond donors (Lipinski definition) is 4. The van der Waals surface area contributed by atoms with Crippen LogP contribution in [0.5, 0.6) is 11.5 Å². The highest BCUT2D eigenvalue weighted by molar-refractivity contribution is 7.80. The zero-order valence-corrected chi connectivity index (χ0v) is 16.3. The van der Waals surface area contributed by atoms with E-state index in [2.05, 4.69) is 40.7 Å². The molecule has 1 atom stereocenters. The second kappa shape index (κ2) is 6.44. The topological polar surface area (TPSA) is 72.7 Å². The molecule has 2 heterocycles. The SMILES string of the molecule is CCc1cc(C2NNC(=S)N2c2ccc3c(c2)c(C)cn3C)c(O)cc1O. The lowest BCUT2D eigenvalue weighted by molar-refractivity contribution is 0.433. The van der Waals surface area contributed by atoms with E-state index in [1.54, 1.807) is 0 Å². The molecular formula is C20H22N4O2S. The molecule has 7 heteroatoms. The lowest BCUT2D eigenvalue weighted by atomic mass is 10.0. The Balaban J connectivity index is 1.82. The van der Waals surface area contributed by atoms with E-state index < -0.39 is 0 Å². The van der Waals surface area contributed by atoms with Crippen molar-refractivity contribution in [3.63, 3.8) is 0 Å². The Morgan fingerprint density at radius 3 is 2.67 bits per heavy atom. The van der Waals surface area contributed by atoms with E-state index in [1.807, 2.05) is 31.0 Å². The van der Waals surface area contributed by atoms with E-state index in [-0.39, 0.29) is 17.7 Å². The third-order valence-electron chi connectivity index (χ3n) is 5.15. The van der Waals surface area contributed by atoms with Crippen molar-refractivity contribution in [1.29, 1.82) is 0 Å². The number of phenolic OH excluding ortho intramolecular Hbond substituents is 2. The number of rotatable bonds is 3. The predicted molar refractivity (Wildman–Crippen MR) is 111 cm³/mol. The lowest BCUT2D eigenvalue weighted by Gasteiger charge is -2.26. The Kier molecular flexibility index (Phi) is 4.20. The van der Waals surface area contributed by atoms with E-state index in [9.17, 15) is 10.2 Å². The molecule has 27 heavy (non-hydrogen) atoms. The van der Waals surface area contributed by atoms with Crippen LogP contribution < -0.4 is 15.8 Å². The first-order valence-corrected chi connectivity index (χ1v) is 9.26. The Labute approximate surface area is 163 Å². The molecule has 1 saturated heterocycles. The summed E-state index contributed by atoms with van der Waals surface area (Å²) in [6, 6.07) is 9.41. The maximum atomic E-state index is 10.4. The Morgan fingerprint density at radius 2 is 1.93 bits per heavy atom. The van der Waals surface area contributed by atoms with Crippen LogP contribution in [-0.4, -0.2) is 19.9 Å². The molecule has 3 aromatic rings. The smallest absolute Gasteiger partial charge is 0.189 e. The van der Waals surface area contributed by atoms with E-state index in [0.717, 1.165) is 22.2 Å². The van der Waals surface area contributed by atoms with Crippen molar-refractivity contribution in [1.82, 2.24) is 15.4 Å². The molecule has 0 saturated carbocycles. The van der Waals surface area contributed by atoms with Gasteiger partial charge in [0, 0.05) is 41.5 Å². The van der Waals surface area contributed by atoms with Crippen LogP contribution in [0.4, 0.5) is 5.69 Å². The second-order valence-corrected chi connectivity index (χ2v) is 7.25. The molecule has 0 bridgehead atoms. The normalized spacial score (nSPS) is 16.9. The molecule has 4 N–H and O–H groups in total. The molecule has 1 aliphatic heterocycles. The lowest BCUT2D eigenvalue weighted by Crippen LogP contribution is -2.29. The standard InChI is InChI=1S/C20H22N4O2S/c1-4-12-7-15(18(26)9-17(12)25)19-21-22-20(27)24(19)13-5-6-16-14(8-13)11(2)10-23(16)3/h5-10,19,21,25-26H,4H2,1-3H3,(H,22,27). The minimum absolute atomic E-state index is 0.0238. The Bertz CT molecular complexity index is 1060. The van der Waals surface area contributed by atoms with E-state index in [4.69, 9.17) is 12.2 Å². The van der Waals surface area contributed by atoms with E-state index in [0.29, 0.717) is 17.1 Å². The average molecular weight is 382 g/mol. The van der Waals surface area contributed by atoms with Gasteiger partial charge in [0.1, 0.15) is 17.7 Å². The largest absolute Gasteiger partial charge is 0.508 e. The summed E-state index contributed by atoms with van der Waals surface area (Å²) in [5.74, 6) is 0.121. The summed E-state index contributed by atoms with van der Waals surface area (Å²) in [4.78, 5) is 1.94. The van der Waals surface area contributed by atoms with Crippen LogP contribution in [0.25, 0.3) is 10.9 Å². The van der Waals surface area contributed by atoms with Gasteiger partial charge >= 0.3 is 0 Å². The molecule has 1 aromatic heterocycles. The summed E-state index contributed by atoms with van der Waals surface area (Å²) in [7, 11) is 2.03. The van der Waals surface area contributed by atoms with Gasteiger partial charge in [-0.05, 0) is 61.0 Å². The molecule has 6 nitrogen and oxygen atoms in total. The molecule has 1 fully saturated rings. The summed E-state index contributed by atoms with van der Waals surface area (Å²) < 4.78 is 2.10.